The highest BCUT2D eigenvalue weighted by Gasteiger charge is 2.10. The molecule has 2 heteroatoms. The Morgan fingerprint density at radius 1 is 1.50 bits per heavy atom. The van der Waals surface area contributed by atoms with Gasteiger partial charge in [-0.1, -0.05) is 20.8 Å². The van der Waals surface area contributed by atoms with Crippen LogP contribution in [0.2, 0.25) is 0 Å². The molecule has 50 valence electrons. The summed E-state index contributed by atoms with van der Waals surface area (Å²) in [5, 5.41) is 0.204. The van der Waals surface area contributed by atoms with E-state index in [9.17, 15) is 3.89 Å². The zero-order valence-electron chi connectivity index (χ0n) is 5.65. The standard InChI is InChI=1S/C6H13FS/c1-4-6(8-7)5(2)3/h5-6H,4H2,1-3H3. The minimum Gasteiger partial charge on any atom is -0.165 e. The molecule has 0 saturated heterocycles. The first-order valence-corrected chi connectivity index (χ1v) is 3.77. The maximum absolute atomic E-state index is 11.8. The summed E-state index contributed by atoms with van der Waals surface area (Å²) in [5.41, 5.74) is 0. The van der Waals surface area contributed by atoms with E-state index in [4.69, 9.17) is 0 Å². The van der Waals surface area contributed by atoms with Crippen LogP contribution in [0.25, 0.3) is 0 Å². The van der Waals surface area contributed by atoms with Crippen LogP contribution in [0.1, 0.15) is 27.2 Å². The van der Waals surface area contributed by atoms with Gasteiger partial charge in [0, 0.05) is 17.4 Å². The molecule has 0 aromatic rings. The van der Waals surface area contributed by atoms with Crippen molar-refractivity contribution in [3.8, 4) is 0 Å². The molecule has 1 atom stereocenters. The summed E-state index contributed by atoms with van der Waals surface area (Å²) in [6.07, 6.45) is 0.929. The third kappa shape index (κ3) is 2.55. The van der Waals surface area contributed by atoms with E-state index in [0.29, 0.717) is 18.1 Å². The fourth-order valence-corrected chi connectivity index (χ4v) is 0.969. The van der Waals surface area contributed by atoms with Crippen LogP contribution in [0.4, 0.5) is 3.89 Å². The van der Waals surface area contributed by atoms with Crippen molar-refractivity contribution in [1.29, 1.82) is 0 Å². The molecule has 0 heterocycles. The molecule has 0 aliphatic carbocycles. The first kappa shape index (κ1) is 8.28. The average molecular weight is 136 g/mol. The number of hydrogen-bond donors (Lipinski definition) is 0. The van der Waals surface area contributed by atoms with Gasteiger partial charge in [0.25, 0.3) is 0 Å². The van der Waals surface area contributed by atoms with E-state index in [2.05, 4.69) is 0 Å². The molecule has 0 aromatic carbocycles. The Kier molecular flexibility index (Phi) is 4.33. The normalized spacial score (nSPS) is 14.6. The van der Waals surface area contributed by atoms with E-state index in [1.165, 1.54) is 0 Å². The molecule has 0 spiro atoms. The van der Waals surface area contributed by atoms with Crippen molar-refractivity contribution in [1.82, 2.24) is 0 Å². The van der Waals surface area contributed by atoms with Gasteiger partial charge in [-0.3, -0.25) is 0 Å². The van der Waals surface area contributed by atoms with E-state index in [1.54, 1.807) is 0 Å². The van der Waals surface area contributed by atoms with Crippen molar-refractivity contribution in [2.75, 3.05) is 0 Å². The molecule has 0 rings (SSSR count). The lowest BCUT2D eigenvalue weighted by molar-refractivity contribution is 0.584. The minimum atomic E-state index is 0.204. The summed E-state index contributed by atoms with van der Waals surface area (Å²) in [7, 11) is 0. The molecule has 8 heavy (non-hydrogen) atoms. The van der Waals surface area contributed by atoms with Crippen LogP contribution in [0.5, 0.6) is 0 Å². The molecule has 0 aliphatic heterocycles. The van der Waals surface area contributed by atoms with Crippen LogP contribution in [-0.4, -0.2) is 5.25 Å². The van der Waals surface area contributed by atoms with Gasteiger partial charge in [0.15, 0.2) is 0 Å². The monoisotopic (exact) mass is 136 g/mol. The second-order valence-electron chi connectivity index (χ2n) is 2.28. The zero-order chi connectivity index (χ0) is 6.57. The average Bonchev–Trinajstić information content (AvgIpc) is 1.69. The van der Waals surface area contributed by atoms with Gasteiger partial charge in [-0.2, -0.15) is 3.89 Å². The smallest absolute Gasteiger partial charge is 0.0479 e. The van der Waals surface area contributed by atoms with E-state index in [1.807, 2.05) is 20.8 Å². The van der Waals surface area contributed by atoms with Crippen LogP contribution >= 0.6 is 12.1 Å². The van der Waals surface area contributed by atoms with Crippen LogP contribution in [0.15, 0.2) is 0 Å². The van der Waals surface area contributed by atoms with Gasteiger partial charge in [-0.05, 0) is 12.3 Å². The third-order valence-electron chi connectivity index (χ3n) is 1.26. The van der Waals surface area contributed by atoms with Gasteiger partial charge in [0.2, 0.25) is 0 Å². The summed E-state index contributed by atoms with van der Waals surface area (Å²) >= 11 is 0.478. The Morgan fingerprint density at radius 2 is 2.00 bits per heavy atom. The Morgan fingerprint density at radius 3 is 2.00 bits per heavy atom. The fraction of sp³-hybridized carbons (Fsp3) is 1.00. The molecule has 0 saturated carbocycles. The van der Waals surface area contributed by atoms with E-state index in [-0.39, 0.29) is 5.25 Å². The maximum atomic E-state index is 11.8. The van der Waals surface area contributed by atoms with Gasteiger partial charge in [0.1, 0.15) is 0 Å². The van der Waals surface area contributed by atoms with Crippen LogP contribution in [-0.2, 0) is 0 Å². The molecule has 0 radical (unpaired) electrons. The molecule has 0 N–H and O–H groups in total. The summed E-state index contributed by atoms with van der Waals surface area (Å²) in [5.74, 6) is 0.468. The Labute approximate surface area is 55.1 Å². The van der Waals surface area contributed by atoms with Gasteiger partial charge in [-0.25, -0.2) is 0 Å². The quantitative estimate of drug-likeness (QED) is 0.574. The molecule has 0 aromatic heterocycles. The van der Waals surface area contributed by atoms with Crippen LogP contribution < -0.4 is 0 Å². The van der Waals surface area contributed by atoms with Crippen molar-refractivity contribution in [3.05, 3.63) is 0 Å². The van der Waals surface area contributed by atoms with Crippen molar-refractivity contribution in [2.45, 2.75) is 32.4 Å². The lowest BCUT2D eigenvalue weighted by Gasteiger charge is -2.11. The van der Waals surface area contributed by atoms with E-state index in [0.717, 1.165) is 6.42 Å². The highest BCUT2D eigenvalue weighted by Crippen LogP contribution is 2.22. The topological polar surface area (TPSA) is 0 Å². The number of halogens is 1. The minimum absolute atomic E-state index is 0.204. The highest BCUT2D eigenvalue weighted by molar-refractivity contribution is 7.94. The summed E-state index contributed by atoms with van der Waals surface area (Å²) < 4.78 is 11.8. The number of hydrogen-bond acceptors (Lipinski definition) is 1. The summed E-state index contributed by atoms with van der Waals surface area (Å²) in [6, 6.07) is 0. The first-order chi connectivity index (χ1) is 3.72. The maximum Gasteiger partial charge on any atom is 0.0479 e. The van der Waals surface area contributed by atoms with Crippen molar-refractivity contribution >= 4 is 12.1 Å². The van der Waals surface area contributed by atoms with Crippen molar-refractivity contribution < 1.29 is 3.89 Å². The van der Waals surface area contributed by atoms with Crippen LogP contribution in [0.3, 0.4) is 0 Å². The van der Waals surface area contributed by atoms with E-state index >= 15 is 0 Å². The molecule has 0 amide bonds. The predicted molar refractivity (Wildman–Crippen MR) is 37.6 cm³/mol. The first-order valence-electron chi connectivity index (χ1n) is 2.99. The molecule has 0 aliphatic rings. The predicted octanol–water partition coefficient (Wildman–Crippen LogP) is 3.04. The molecular formula is C6H13FS. The van der Waals surface area contributed by atoms with Gasteiger partial charge in [-0.15, -0.1) is 0 Å². The van der Waals surface area contributed by atoms with Crippen molar-refractivity contribution in [3.63, 3.8) is 0 Å². The largest absolute Gasteiger partial charge is 0.165 e. The number of rotatable bonds is 3. The van der Waals surface area contributed by atoms with Crippen LogP contribution in [0, 0.1) is 5.92 Å². The molecule has 0 bridgehead atoms. The Balaban J connectivity index is 3.35. The summed E-state index contributed by atoms with van der Waals surface area (Å²) in [6.45, 7) is 6.10. The molecule has 0 fully saturated rings. The second-order valence-corrected chi connectivity index (χ2v) is 3.06. The second kappa shape index (κ2) is 4.19. The third-order valence-corrected chi connectivity index (χ3v) is 2.37. The Bertz CT molecular complexity index is 50.5. The Hall–Kier alpha value is 0.280. The zero-order valence-corrected chi connectivity index (χ0v) is 6.46. The fourth-order valence-electron chi connectivity index (χ4n) is 0.637. The van der Waals surface area contributed by atoms with Gasteiger partial charge < -0.3 is 0 Å². The molecule has 0 nitrogen and oxygen atoms in total. The van der Waals surface area contributed by atoms with E-state index < -0.39 is 0 Å². The van der Waals surface area contributed by atoms with Gasteiger partial charge in [0.05, 0.1) is 0 Å². The molecular weight excluding hydrogens is 123 g/mol. The SMILES string of the molecule is CCC(SF)C(C)C. The molecule has 1 unspecified atom stereocenters. The van der Waals surface area contributed by atoms with Crippen molar-refractivity contribution in [2.24, 2.45) is 5.92 Å². The lowest BCUT2D eigenvalue weighted by atomic mass is 10.1. The lowest BCUT2D eigenvalue weighted by Crippen LogP contribution is -2.07. The summed E-state index contributed by atoms with van der Waals surface area (Å²) in [4.78, 5) is 0. The highest BCUT2D eigenvalue weighted by atomic mass is 32.2. The van der Waals surface area contributed by atoms with Gasteiger partial charge >= 0.3 is 0 Å².